The highest BCUT2D eigenvalue weighted by Crippen LogP contribution is 2.14. The summed E-state index contributed by atoms with van der Waals surface area (Å²) in [5.74, 6) is 0.247. The Labute approximate surface area is 142 Å². The summed E-state index contributed by atoms with van der Waals surface area (Å²) in [5, 5.41) is 6.83. The van der Waals surface area contributed by atoms with E-state index in [0.717, 1.165) is 63.7 Å². The number of carbonyl (C=O) groups is 2. The van der Waals surface area contributed by atoms with E-state index >= 15 is 0 Å². The molecule has 0 spiro atoms. The molecule has 0 aliphatic carbocycles. The predicted octanol–water partition coefficient (Wildman–Crippen LogP) is 2.38. The van der Waals surface area contributed by atoms with E-state index in [4.69, 9.17) is 5.73 Å². The zero-order valence-electron chi connectivity index (χ0n) is 13.6. The number of nitrogens with one attached hydrogen (secondary N) is 1. The number of hydrogen-bond acceptors (Lipinski definition) is 4. The molecule has 2 heterocycles. The van der Waals surface area contributed by atoms with Crippen molar-refractivity contribution < 1.29 is 9.59 Å². The maximum Gasteiger partial charge on any atom is 0.252 e. The van der Waals surface area contributed by atoms with Gasteiger partial charge in [0.2, 0.25) is 5.91 Å². The summed E-state index contributed by atoms with van der Waals surface area (Å²) in [7, 11) is 0. The summed E-state index contributed by atoms with van der Waals surface area (Å²) in [4.78, 5) is 26.1. The second-order valence-electron chi connectivity index (χ2n) is 6.09. The van der Waals surface area contributed by atoms with E-state index in [-0.39, 0.29) is 17.9 Å². The first-order valence-corrected chi connectivity index (χ1v) is 9.46. The van der Waals surface area contributed by atoms with Crippen LogP contribution in [0.2, 0.25) is 0 Å². The lowest BCUT2D eigenvalue weighted by molar-refractivity contribution is -0.132. The first-order valence-electron chi connectivity index (χ1n) is 8.51. The van der Waals surface area contributed by atoms with Gasteiger partial charge in [0.25, 0.3) is 5.91 Å². The highest BCUT2D eigenvalue weighted by atomic mass is 32.1. The summed E-state index contributed by atoms with van der Waals surface area (Å²) in [6.07, 6.45) is 6.51. The standard InChI is InChI=1S/C17H27N3O2S/c18-9-4-2-1-3-5-16(21)20-10-6-15(7-11-20)19-17(22)14-8-12-23-13-14/h8,12-13,15H,1-7,9-11,18H2,(H,19,22). The van der Waals surface area contributed by atoms with Gasteiger partial charge in [-0.3, -0.25) is 9.59 Å². The van der Waals surface area contributed by atoms with Crippen LogP contribution in [-0.2, 0) is 4.79 Å². The van der Waals surface area contributed by atoms with Gasteiger partial charge in [-0.15, -0.1) is 0 Å². The molecule has 128 valence electrons. The van der Waals surface area contributed by atoms with Crippen LogP contribution in [0.25, 0.3) is 0 Å². The van der Waals surface area contributed by atoms with E-state index in [9.17, 15) is 9.59 Å². The third-order valence-corrected chi connectivity index (χ3v) is 4.99. The van der Waals surface area contributed by atoms with E-state index in [1.54, 1.807) is 0 Å². The van der Waals surface area contributed by atoms with Gasteiger partial charge in [0.15, 0.2) is 0 Å². The fraction of sp³-hybridized carbons (Fsp3) is 0.647. The molecule has 1 aliphatic heterocycles. The van der Waals surface area contributed by atoms with Crippen LogP contribution in [0.1, 0.15) is 55.3 Å². The maximum atomic E-state index is 12.2. The fourth-order valence-corrected chi connectivity index (χ4v) is 3.50. The van der Waals surface area contributed by atoms with E-state index in [1.807, 2.05) is 21.7 Å². The van der Waals surface area contributed by atoms with Crippen molar-refractivity contribution in [2.45, 2.75) is 51.0 Å². The molecule has 0 aromatic carbocycles. The van der Waals surface area contributed by atoms with E-state index < -0.39 is 0 Å². The summed E-state index contributed by atoms with van der Waals surface area (Å²) in [6, 6.07) is 2.01. The molecule has 2 rings (SSSR count). The molecular weight excluding hydrogens is 310 g/mol. The zero-order valence-corrected chi connectivity index (χ0v) is 14.4. The van der Waals surface area contributed by atoms with Gasteiger partial charge in [0.05, 0.1) is 0 Å². The highest BCUT2D eigenvalue weighted by molar-refractivity contribution is 7.08. The Morgan fingerprint density at radius 3 is 2.61 bits per heavy atom. The van der Waals surface area contributed by atoms with Crippen molar-refractivity contribution in [2.75, 3.05) is 19.6 Å². The van der Waals surface area contributed by atoms with Crippen LogP contribution in [0.4, 0.5) is 0 Å². The number of piperidine rings is 1. The van der Waals surface area contributed by atoms with Crippen molar-refractivity contribution in [1.29, 1.82) is 0 Å². The van der Waals surface area contributed by atoms with Crippen LogP contribution in [0, 0.1) is 0 Å². The Morgan fingerprint density at radius 1 is 1.22 bits per heavy atom. The van der Waals surface area contributed by atoms with Gasteiger partial charge in [0, 0.05) is 36.5 Å². The zero-order chi connectivity index (χ0) is 16.5. The second kappa shape index (κ2) is 9.67. The molecule has 0 bridgehead atoms. The van der Waals surface area contributed by atoms with E-state index in [2.05, 4.69) is 5.32 Å². The monoisotopic (exact) mass is 337 g/mol. The molecule has 3 N–H and O–H groups in total. The summed E-state index contributed by atoms with van der Waals surface area (Å²) >= 11 is 1.53. The molecule has 0 radical (unpaired) electrons. The van der Waals surface area contributed by atoms with Gasteiger partial charge in [0.1, 0.15) is 0 Å². The first kappa shape index (κ1) is 17.9. The lowest BCUT2D eigenvalue weighted by Gasteiger charge is -2.32. The van der Waals surface area contributed by atoms with Gasteiger partial charge in [-0.1, -0.05) is 12.8 Å². The average molecular weight is 337 g/mol. The smallest absolute Gasteiger partial charge is 0.252 e. The number of carbonyl (C=O) groups excluding carboxylic acids is 2. The Morgan fingerprint density at radius 2 is 1.96 bits per heavy atom. The van der Waals surface area contributed by atoms with Crippen molar-refractivity contribution in [3.05, 3.63) is 22.4 Å². The fourth-order valence-electron chi connectivity index (χ4n) is 2.87. The molecule has 1 aliphatic rings. The molecule has 1 saturated heterocycles. The molecule has 1 aromatic rings. The van der Waals surface area contributed by atoms with E-state index in [0.29, 0.717) is 6.42 Å². The van der Waals surface area contributed by atoms with Crippen LogP contribution in [0.5, 0.6) is 0 Å². The van der Waals surface area contributed by atoms with Crippen LogP contribution in [-0.4, -0.2) is 42.4 Å². The minimum Gasteiger partial charge on any atom is -0.349 e. The topological polar surface area (TPSA) is 75.4 Å². The molecule has 23 heavy (non-hydrogen) atoms. The normalized spacial score (nSPS) is 15.6. The number of nitrogens with two attached hydrogens (primary N) is 1. The van der Waals surface area contributed by atoms with Crippen LogP contribution in [0.3, 0.4) is 0 Å². The van der Waals surface area contributed by atoms with Crippen molar-refractivity contribution in [3.63, 3.8) is 0 Å². The molecule has 2 amide bonds. The maximum absolute atomic E-state index is 12.2. The van der Waals surface area contributed by atoms with Gasteiger partial charge in [-0.05, 0) is 43.7 Å². The predicted molar refractivity (Wildman–Crippen MR) is 93.5 cm³/mol. The van der Waals surface area contributed by atoms with Gasteiger partial charge in [-0.25, -0.2) is 0 Å². The minimum atomic E-state index is -0.00377. The Bertz CT molecular complexity index is 482. The number of nitrogens with zero attached hydrogens (tertiary/aromatic N) is 1. The average Bonchev–Trinajstić information content (AvgIpc) is 3.10. The summed E-state index contributed by atoms with van der Waals surface area (Å²) in [6.45, 7) is 2.23. The first-order chi connectivity index (χ1) is 11.2. The molecular formula is C17H27N3O2S. The van der Waals surface area contributed by atoms with Gasteiger partial charge in [-0.2, -0.15) is 11.3 Å². The van der Waals surface area contributed by atoms with Crippen LogP contribution in [0.15, 0.2) is 16.8 Å². The van der Waals surface area contributed by atoms with Crippen molar-refractivity contribution in [1.82, 2.24) is 10.2 Å². The second-order valence-corrected chi connectivity index (χ2v) is 6.87. The third-order valence-electron chi connectivity index (χ3n) is 4.31. The van der Waals surface area contributed by atoms with Gasteiger partial charge < -0.3 is 16.0 Å². The molecule has 0 atom stereocenters. The van der Waals surface area contributed by atoms with E-state index in [1.165, 1.54) is 11.3 Å². The number of hydrogen-bond donors (Lipinski definition) is 2. The van der Waals surface area contributed by atoms with Gasteiger partial charge >= 0.3 is 0 Å². The number of unbranched alkanes of at least 4 members (excludes halogenated alkanes) is 3. The third kappa shape index (κ3) is 5.95. The molecule has 1 aromatic heterocycles. The lowest BCUT2D eigenvalue weighted by Crippen LogP contribution is -2.46. The Balaban J connectivity index is 1.63. The molecule has 1 fully saturated rings. The van der Waals surface area contributed by atoms with Crippen molar-refractivity contribution >= 4 is 23.2 Å². The number of amides is 2. The number of likely N-dealkylation sites (tertiary alicyclic amines) is 1. The highest BCUT2D eigenvalue weighted by Gasteiger charge is 2.23. The van der Waals surface area contributed by atoms with Crippen molar-refractivity contribution in [3.8, 4) is 0 Å². The molecule has 0 unspecified atom stereocenters. The molecule has 5 nitrogen and oxygen atoms in total. The largest absolute Gasteiger partial charge is 0.349 e. The number of rotatable bonds is 8. The SMILES string of the molecule is NCCCCCCC(=O)N1CCC(NC(=O)c2ccsc2)CC1. The van der Waals surface area contributed by atoms with Crippen molar-refractivity contribution in [2.24, 2.45) is 5.73 Å². The quantitative estimate of drug-likeness (QED) is 0.715. The van der Waals surface area contributed by atoms with Crippen LogP contribution >= 0.6 is 11.3 Å². The molecule has 6 heteroatoms. The lowest BCUT2D eigenvalue weighted by atomic mass is 10.0. The summed E-state index contributed by atoms with van der Waals surface area (Å²) < 4.78 is 0. The Kier molecular flexibility index (Phi) is 7.55. The van der Waals surface area contributed by atoms with Crippen LogP contribution < -0.4 is 11.1 Å². The Hall–Kier alpha value is -1.40. The molecule has 0 saturated carbocycles. The minimum absolute atomic E-state index is 0.00377. The number of thiophene rings is 1. The summed E-state index contributed by atoms with van der Waals surface area (Å²) in [5.41, 5.74) is 6.19.